The minimum Gasteiger partial charge on any atom is -0.439 e. The summed E-state index contributed by atoms with van der Waals surface area (Å²) in [6, 6.07) is 8.07. The largest absolute Gasteiger partial charge is 0.439 e. The number of ether oxygens (including phenoxy) is 2. The number of Topliss-reactive ketones (excluding diaryl/α,β-unsaturated/α-hetero) is 1. The summed E-state index contributed by atoms with van der Waals surface area (Å²) in [6.45, 7) is 2.51. The molecule has 0 saturated carbocycles. The average molecular weight is 404 g/mol. The summed E-state index contributed by atoms with van der Waals surface area (Å²) in [6.07, 6.45) is -1.75. The van der Waals surface area contributed by atoms with Crippen LogP contribution in [0.25, 0.3) is 0 Å². The smallest absolute Gasteiger partial charge is 0.304 e. The van der Waals surface area contributed by atoms with Gasteiger partial charge < -0.3 is 20.1 Å². The molecule has 0 aliphatic carbocycles. The predicted molar refractivity (Wildman–Crippen MR) is 99.8 cm³/mol. The van der Waals surface area contributed by atoms with Crippen molar-refractivity contribution in [1.29, 1.82) is 0 Å². The first kappa shape index (κ1) is 20.9. The Labute approximate surface area is 167 Å². The van der Waals surface area contributed by atoms with Gasteiger partial charge in [-0.15, -0.1) is 0 Å². The summed E-state index contributed by atoms with van der Waals surface area (Å²) in [4.78, 5) is 49.2. The Morgan fingerprint density at radius 3 is 2.69 bits per heavy atom. The molecule has 0 bridgehead atoms. The SMILES string of the molecule is CC(=O)O[C@H]1[C@@H](C(=O)[C@H](Cc2ccccc2)NC(=O)C2CNCCO2)C(=O)N1N. The van der Waals surface area contributed by atoms with Crippen LogP contribution in [0.5, 0.6) is 0 Å². The monoisotopic (exact) mass is 404 g/mol. The number of nitrogens with zero attached hydrogens (tertiary/aromatic N) is 1. The lowest BCUT2D eigenvalue weighted by atomic mass is 9.86. The van der Waals surface area contributed by atoms with Gasteiger partial charge in [0.25, 0.3) is 11.8 Å². The van der Waals surface area contributed by atoms with E-state index in [1.807, 2.05) is 30.3 Å². The summed E-state index contributed by atoms with van der Waals surface area (Å²) >= 11 is 0. The maximum Gasteiger partial charge on any atom is 0.304 e. The Kier molecular flexibility index (Phi) is 6.57. The number of hydrogen-bond acceptors (Lipinski definition) is 8. The quantitative estimate of drug-likeness (QED) is 0.164. The van der Waals surface area contributed by atoms with E-state index in [1.165, 1.54) is 0 Å². The molecule has 3 rings (SSSR count). The molecule has 2 fully saturated rings. The Balaban J connectivity index is 1.77. The fraction of sp³-hybridized carbons (Fsp3) is 0.474. The van der Waals surface area contributed by atoms with E-state index in [1.54, 1.807) is 0 Å². The van der Waals surface area contributed by atoms with Crippen LogP contribution >= 0.6 is 0 Å². The number of esters is 1. The molecular weight excluding hydrogens is 380 g/mol. The molecule has 2 heterocycles. The highest BCUT2D eigenvalue weighted by Gasteiger charge is 2.54. The molecular formula is C19H24N4O6. The van der Waals surface area contributed by atoms with Gasteiger partial charge in [-0.1, -0.05) is 30.3 Å². The molecule has 10 heteroatoms. The number of rotatable bonds is 7. The molecule has 1 aromatic rings. The van der Waals surface area contributed by atoms with Gasteiger partial charge in [0.15, 0.2) is 11.7 Å². The van der Waals surface area contributed by atoms with Gasteiger partial charge in [0.2, 0.25) is 6.23 Å². The number of nitrogens with one attached hydrogen (secondary N) is 2. The van der Waals surface area contributed by atoms with Crippen LogP contribution in [0.2, 0.25) is 0 Å². The third-order valence-corrected chi connectivity index (χ3v) is 4.84. The molecule has 4 N–H and O–H groups in total. The first-order valence-corrected chi connectivity index (χ1v) is 9.34. The van der Waals surface area contributed by atoms with E-state index in [4.69, 9.17) is 15.3 Å². The van der Waals surface area contributed by atoms with Crippen molar-refractivity contribution < 1.29 is 28.7 Å². The van der Waals surface area contributed by atoms with Gasteiger partial charge in [-0.05, 0) is 12.0 Å². The van der Waals surface area contributed by atoms with E-state index in [2.05, 4.69) is 10.6 Å². The first-order chi connectivity index (χ1) is 13.9. The second-order valence-corrected chi connectivity index (χ2v) is 6.94. The highest BCUT2D eigenvalue weighted by Crippen LogP contribution is 2.27. The molecule has 10 nitrogen and oxygen atoms in total. The maximum absolute atomic E-state index is 13.1. The zero-order chi connectivity index (χ0) is 21.0. The van der Waals surface area contributed by atoms with E-state index in [-0.39, 0.29) is 6.42 Å². The number of amides is 2. The Morgan fingerprint density at radius 1 is 1.34 bits per heavy atom. The molecule has 2 amide bonds. The van der Waals surface area contributed by atoms with Crippen molar-refractivity contribution in [2.75, 3.05) is 19.7 Å². The van der Waals surface area contributed by atoms with E-state index < -0.39 is 47.9 Å². The van der Waals surface area contributed by atoms with Gasteiger partial charge in [0.05, 0.1) is 12.6 Å². The zero-order valence-electron chi connectivity index (χ0n) is 16.0. The molecule has 1 aromatic carbocycles. The number of β-lactam (4-membered cyclic amide) rings is 1. The number of hydrazine groups is 1. The van der Waals surface area contributed by atoms with Gasteiger partial charge in [0.1, 0.15) is 6.10 Å². The predicted octanol–water partition coefficient (Wildman–Crippen LogP) is -1.51. The van der Waals surface area contributed by atoms with E-state index in [0.29, 0.717) is 24.7 Å². The number of carbonyl (C=O) groups is 4. The van der Waals surface area contributed by atoms with Gasteiger partial charge in [0, 0.05) is 20.0 Å². The van der Waals surface area contributed by atoms with Gasteiger partial charge >= 0.3 is 5.97 Å². The topological polar surface area (TPSA) is 140 Å². The van der Waals surface area contributed by atoms with E-state index in [9.17, 15) is 19.2 Å². The highest BCUT2D eigenvalue weighted by atomic mass is 16.6. The molecule has 1 unspecified atom stereocenters. The Hall–Kier alpha value is -2.82. The number of ketones is 1. The molecule has 156 valence electrons. The van der Waals surface area contributed by atoms with Gasteiger partial charge in [-0.3, -0.25) is 19.2 Å². The van der Waals surface area contributed by atoms with Crippen LogP contribution in [0.4, 0.5) is 0 Å². The van der Waals surface area contributed by atoms with Crippen LogP contribution in [0, 0.1) is 5.92 Å². The fourth-order valence-electron chi connectivity index (χ4n) is 3.33. The molecule has 2 aliphatic heterocycles. The third kappa shape index (κ3) is 4.78. The summed E-state index contributed by atoms with van der Waals surface area (Å²) in [5.41, 5.74) is 0.800. The Bertz CT molecular complexity index is 780. The molecule has 0 radical (unpaired) electrons. The fourth-order valence-corrected chi connectivity index (χ4v) is 3.33. The van der Waals surface area contributed by atoms with E-state index in [0.717, 1.165) is 12.5 Å². The molecule has 2 aliphatic rings. The molecule has 29 heavy (non-hydrogen) atoms. The van der Waals surface area contributed by atoms with Crippen LogP contribution in [0.3, 0.4) is 0 Å². The highest BCUT2D eigenvalue weighted by molar-refractivity contribution is 6.09. The van der Waals surface area contributed by atoms with Crippen molar-refractivity contribution in [1.82, 2.24) is 15.6 Å². The lowest BCUT2D eigenvalue weighted by Crippen LogP contribution is -2.70. The van der Waals surface area contributed by atoms with Crippen molar-refractivity contribution in [3.05, 3.63) is 35.9 Å². The summed E-state index contributed by atoms with van der Waals surface area (Å²) in [5, 5.41) is 6.44. The lowest BCUT2D eigenvalue weighted by molar-refractivity contribution is -0.199. The average Bonchev–Trinajstić information content (AvgIpc) is 2.73. The van der Waals surface area contributed by atoms with Crippen LogP contribution in [0.1, 0.15) is 12.5 Å². The number of nitrogens with two attached hydrogens (primary N) is 1. The van der Waals surface area contributed by atoms with Crippen molar-refractivity contribution >= 4 is 23.6 Å². The normalized spacial score (nSPS) is 25.0. The summed E-state index contributed by atoms with van der Waals surface area (Å²) in [5.74, 6) is 1.95. The summed E-state index contributed by atoms with van der Waals surface area (Å²) < 4.78 is 10.4. The van der Waals surface area contributed by atoms with E-state index >= 15 is 0 Å². The Morgan fingerprint density at radius 2 is 2.07 bits per heavy atom. The maximum atomic E-state index is 13.1. The van der Waals surface area contributed by atoms with Gasteiger partial charge in [-0.2, -0.15) is 0 Å². The third-order valence-electron chi connectivity index (χ3n) is 4.84. The van der Waals surface area contributed by atoms with Gasteiger partial charge in [-0.25, -0.2) is 10.9 Å². The second kappa shape index (κ2) is 9.12. The standard InChI is InChI=1S/C19H24N4O6/c1-11(24)29-19-15(18(27)23(19)20)16(25)13(9-12-5-3-2-4-6-12)22-17(26)14-10-21-7-8-28-14/h2-6,13-15,19,21H,7-10,20H2,1H3,(H,22,26)/t13-,14?,15-,19-/m0/s1. The second-order valence-electron chi connectivity index (χ2n) is 6.94. The number of morpholine rings is 1. The lowest BCUT2D eigenvalue weighted by Gasteiger charge is -2.42. The van der Waals surface area contributed by atoms with Crippen molar-refractivity contribution in [2.24, 2.45) is 11.8 Å². The van der Waals surface area contributed by atoms with Crippen molar-refractivity contribution in [3.8, 4) is 0 Å². The first-order valence-electron chi connectivity index (χ1n) is 9.34. The zero-order valence-corrected chi connectivity index (χ0v) is 16.0. The minimum absolute atomic E-state index is 0.173. The molecule has 0 aromatic heterocycles. The number of benzene rings is 1. The van der Waals surface area contributed by atoms with Crippen LogP contribution in [-0.2, 0) is 35.1 Å². The molecule has 0 spiro atoms. The number of carbonyl (C=O) groups excluding carboxylic acids is 4. The number of hydrogen-bond donors (Lipinski definition) is 3. The minimum atomic E-state index is -1.26. The van der Waals surface area contributed by atoms with Crippen molar-refractivity contribution in [3.63, 3.8) is 0 Å². The molecule has 4 atom stereocenters. The van der Waals surface area contributed by atoms with Crippen LogP contribution < -0.4 is 16.5 Å². The molecule has 2 saturated heterocycles. The van der Waals surface area contributed by atoms with Crippen LogP contribution in [-0.4, -0.2) is 66.6 Å². The van der Waals surface area contributed by atoms with Crippen molar-refractivity contribution in [2.45, 2.75) is 31.7 Å². The summed E-state index contributed by atoms with van der Waals surface area (Å²) in [7, 11) is 0. The van der Waals surface area contributed by atoms with Crippen LogP contribution in [0.15, 0.2) is 30.3 Å².